The van der Waals surface area contributed by atoms with Crippen LogP contribution in [0.5, 0.6) is 0 Å². The molecule has 0 saturated heterocycles. The topological polar surface area (TPSA) is 60.9 Å². The SMILES string of the molecule is Fc1ccc(-c2cn(-c3ccc4nnc(C(F)(F)F)n4n3)cn2)cc1. The van der Waals surface area contributed by atoms with E-state index >= 15 is 0 Å². The van der Waals surface area contributed by atoms with Gasteiger partial charge in [0.2, 0.25) is 0 Å². The average Bonchev–Trinajstić information content (AvgIpc) is 3.21. The van der Waals surface area contributed by atoms with Crippen LogP contribution in [0.4, 0.5) is 17.6 Å². The second-order valence-corrected chi connectivity index (χ2v) is 5.16. The molecule has 3 aromatic heterocycles. The number of nitrogens with zero attached hydrogens (tertiary/aromatic N) is 6. The number of aromatic nitrogens is 6. The van der Waals surface area contributed by atoms with Gasteiger partial charge >= 0.3 is 6.18 Å². The lowest BCUT2D eigenvalue weighted by Crippen LogP contribution is -2.13. The molecule has 0 fully saturated rings. The van der Waals surface area contributed by atoms with E-state index in [1.165, 1.54) is 35.2 Å². The van der Waals surface area contributed by atoms with Crippen molar-refractivity contribution in [3.63, 3.8) is 0 Å². The van der Waals surface area contributed by atoms with E-state index in [1.54, 1.807) is 18.3 Å². The monoisotopic (exact) mass is 348 g/mol. The summed E-state index contributed by atoms with van der Waals surface area (Å²) in [5.41, 5.74) is 1.18. The molecule has 4 aromatic rings. The molecule has 0 aliphatic carbocycles. The highest BCUT2D eigenvalue weighted by atomic mass is 19.4. The van der Waals surface area contributed by atoms with E-state index in [1.807, 2.05) is 0 Å². The molecule has 0 aliphatic heterocycles. The van der Waals surface area contributed by atoms with Crippen LogP contribution in [0.3, 0.4) is 0 Å². The van der Waals surface area contributed by atoms with Gasteiger partial charge in [-0.3, -0.25) is 4.57 Å². The summed E-state index contributed by atoms with van der Waals surface area (Å²) in [7, 11) is 0. The minimum atomic E-state index is -4.67. The van der Waals surface area contributed by atoms with Gasteiger partial charge in [0.1, 0.15) is 12.1 Å². The molecule has 6 nitrogen and oxygen atoms in total. The quantitative estimate of drug-likeness (QED) is 0.522. The van der Waals surface area contributed by atoms with E-state index in [4.69, 9.17) is 0 Å². The molecular formula is C15H8F4N6. The van der Waals surface area contributed by atoms with E-state index < -0.39 is 12.0 Å². The second kappa shape index (κ2) is 5.36. The van der Waals surface area contributed by atoms with Crippen LogP contribution < -0.4 is 0 Å². The predicted octanol–water partition coefficient (Wildman–Crippen LogP) is 3.13. The fourth-order valence-electron chi connectivity index (χ4n) is 2.31. The molecule has 3 heterocycles. The summed E-state index contributed by atoms with van der Waals surface area (Å²) in [5.74, 6) is -1.37. The zero-order valence-corrected chi connectivity index (χ0v) is 12.3. The normalized spacial score (nSPS) is 12.0. The molecular weight excluding hydrogens is 340 g/mol. The summed E-state index contributed by atoms with van der Waals surface area (Å²) in [6, 6.07) is 8.58. The zero-order valence-electron chi connectivity index (χ0n) is 12.3. The first-order valence-electron chi connectivity index (χ1n) is 7.02. The minimum Gasteiger partial charge on any atom is -0.288 e. The Hall–Kier alpha value is -3.30. The van der Waals surface area contributed by atoms with Gasteiger partial charge in [-0.1, -0.05) is 0 Å². The van der Waals surface area contributed by atoms with E-state index in [0.717, 1.165) is 0 Å². The smallest absolute Gasteiger partial charge is 0.288 e. The molecule has 1 aromatic carbocycles. The highest BCUT2D eigenvalue weighted by Crippen LogP contribution is 2.27. The van der Waals surface area contributed by atoms with Crippen molar-refractivity contribution in [2.24, 2.45) is 0 Å². The summed E-state index contributed by atoms with van der Waals surface area (Å²) in [6.07, 6.45) is -1.68. The Morgan fingerprint density at radius 3 is 2.40 bits per heavy atom. The first-order valence-corrected chi connectivity index (χ1v) is 7.02. The number of halogens is 4. The van der Waals surface area contributed by atoms with Crippen LogP contribution in [-0.4, -0.2) is 29.4 Å². The lowest BCUT2D eigenvalue weighted by molar-refractivity contribution is -0.146. The van der Waals surface area contributed by atoms with Crippen molar-refractivity contribution < 1.29 is 17.6 Å². The van der Waals surface area contributed by atoms with Crippen LogP contribution in [0.15, 0.2) is 48.9 Å². The van der Waals surface area contributed by atoms with Gasteiger partial charge in [0.15, 0.2) is 11.5 Å². The molecule has 0 radical (unpaired) electrons. The first-order chi connectivity index (χ1) is 11.9. The van der Waals surface area contributed by atoms with Gasteiger partial charge in [0, 0.05) is 11.8 Å². The minimum absolute atomic E-state index is 0.0186. The molecule has 0 amide bonds. The lowest BCUT2D eigenvalue weighted by atomic mass is 10.2. The molecule has 10 heteroatoms. The summed E-state index contributed by atoms with van der Waals surface area (Å²) in [4.78, 5) is 4.17. The fraction of sp³-hybridized carbons (Fsp3) is 0.0667. The van der Waals surface area contributed by atoms with Crippen molar-refractivity contribution in [2.45, 2.75) is 6.18 Å². The Balaban J connectivity index is 1.76. The van der Waals surface area contributed by atoms with Crippen LogP contribution >= 0.6 is 0 Å². The highest BCUT2D eigenvalue weighted by molar-refractivity contribution is 5.58. The van der Waals surface area contributed by atoms with Gasteiger partial charge in [-0.2, -0.15) is 17.7 Å². The molecule has 0 bridgehead atoms. The van der Waals surface area contributed by atoms with Gasteiger partial charge in [-0.25, -0.2) is 9.37 Å². The van der Waals surface area contributed by atoms with Crippen LogP contribution in [-0.2, 0) is 6.18 Å². The Morgan fingerprint density at radius 2 is 1.68 bits per heavy atom. The van der Waals surface area contributed by atoms with Crippen LogP contribution in [0.1, 0.15) is 5.82 Å². The Labute approximate surface area is 137 Å². The lowest BCUT2D eigenvalue weighted by Gasteiger charge is -2.05. The van der Waals surface area contributed by atoms with Crippen molar-refractivity contribution in [3.05, 3.63) is 60.6 Å². The van der Waals surface area contributed by atoms with Gasteiger partial charge in [0.25, 0.3) is 5.82 Å². The standard InChI is InChI=1S/C15H8F4N6/c16-10-3-1-9(2-4-10)11-7-24(8-20-11)13-6-5-12-21-22-14(15(17,18)19)25(12)23-13/h1-8H. The van der Waals surface area contributed by atoms with E-state index in [9.17, 15) is 17.6 Å². The first kappa shape index (κ1) is 15.2. The van der Waals surface area contributed by atoms with Crippen molar-refractivity contribution in [2.75, 3.05) is 0 Å². The zero-order chi connectivity index (χ0) is 17.6. The molecule has 25 heavy (non-hydrogen) atoms. The molecule has 0 saturated carbocycles. The van der Waals surface area contributed by atoms with Gasteiger partial charge in [0.05, 0.1) is 5.69 Å². The predicted molar refractivity (Wildman–Crippen MR) is 78.3 cm³/mol. The van der Waals surface area contributed by atoms with Gasteiger partial charge in [-0.15, -0.1) is 15.3 Å². The summed E-state index contributed by atoms with van der Waals surface area (Å²) in [6.45, 7) is 0. The third kappa shape index (κ3) is 2.71. The number of hydrogen-bond acceptors (Lipinski definition) is 4. The van der Waals surface area contributed by atoms with Crippen LogP contribution in [0.2, 0.25) is 0 Å². The number of fused-ring (bicyclic) bond motifs is 1. The fourth-order valence-corrected chi connectivity index (χ4v) is 2.31. The number of benzene rings is 1. The van der Waals surface area contributed by atoms with Crippen molar-refractivity contribution >= 4 is 5.65 Å². The van der Waals surface area contributed by atoms with E-state index in [0.29, 0.717) is 15.8 Å². The number of alkyl halides is 3. The van der Waals surface area contributed by atoms with Crippen molar-refractivity contribution in [1.82, 2.24) is 29.4 Å². The summed E-state index contributed by atoms with van der Waals surface area (Å²) in [5, 5.41) is 10.5. The summed E-state index contributed by atoms with van der Waals surface area (Å²) >= 11 is 0. The van der Waals surface area contributed by atoms with Crippen LogP contribution in [0.25, 0.3) is 22.7 Å². The molecule has 126 valence electrons. The van der Waals surface area contributed by atoms with E-state index in [-0.39, 0.29) is 17.3 Å². The van der Waals surface area contributed by atoms with E-state index in [2.05, 4.69) is 20.3 Å². The molecule has 0 atom stereocenters. The largest absolute Gasteiger partial charge is 0.453 e. The van der Waals surface area contributed by atoms with Gasteiger partial charge < -0.3 is 0 Å². The third-order valence-electron chi connectivity index (χ3n) is 3.49. The molecule has 4 rings (SSSR count). The maximum Gasteiger partial charge on any atom is 0.453 e. The van der Waals surface area contributed by atoms with Crippen LogP contribution in [0, 0.1) is 5.82 Å². The number of hydrogen-bond donors (Lipinski definition) is 0. The highest BCUT2D eigenvalue weighted by Gasteiger charge is 2.37. The Kier molecular flexibility index (Phi) is 3.27. The second-order valence-electron chi connectivity index (χ2n) is 5.16. The molecule has 0 N–H and O–H groups in total. The third-order valence-corrected chi connectivity index (χ3v) is 3.49. The maximum atomic E-state index is 13.0. The van der Waals surface area contributed by atoms with Gasteiger partial charge in [-0.05, 0) is 36.4 Å². The van der Waals surface area contributed by atoms with Crippen molar-refractivity contribution in [3.8, 4) is 17.1 Å². The maximum absolute atomic E-state index is 13.0. The number of imidazole rings is 1. The average molecular weight is 348 g/mol. The van der Waals surface area contributed by atoms with Crippen molar-refractivity contribution in [1.29, 1.82) is 0 Å². The Morgan fingerprint density at radius 1 is 0.920 bits per heavy atom. The molecule has 0 spiro atoms. The summed E-state index contributed by atoms with van der Waals surface area (Å²) < 4.78 is 53.9. The number of rotatable bonds is 2. The molecule has 0 unspecified atom stereocenters. The Bertz CT molecular complexity index is 1050. The molecule has 0 aliphatic rings.